The Morgan fingerprint density at radius 1 is 0.839 bits per heavy atom. The molecule has 0 bridgehead atoms. The molecule has 2 amide bonds. The van der Waals surface area contributed by atoms with Crippen LogP contribution in [0.3, 0.4) is 0 Å². The normalized spacial score (nSPS) is 10.5. The number of hydrogen-bond acceptors (Lipinski definition) is 3. The smallest absolute Gasteiger partial charge is 0.261 e. The van der Waals surface area contributed by atoms with Gasteiger partial charge in [-0.15, -0.1) is 0 Å². The summed E-state index contributed by atoms with van der Waals surface area (Å²) in [4.78, 5) is 25.8. The van der Waals surface area contributed by atoms with Gasteiger partial charge < -0.3 is 10.6 Å². The first kappa shape index (κ1) is 20.0. The molecule has 0 atom stereocenters. The maximum Gasteiger partial charge on any atom is 0.261 e. The van der Waals surface area contributed by atoms with E-state index in [0.717, 1.165) is 5.56 Å². The Balaban J connectivity index is 1.71. The highest BCUT2D eigenvalue weighted by molar-refractivity contribution is 6.12. The van der Waals surface area contributed by atoms with E-state index < -0.39 is 17.6 Å². The van der Waals surface area contributed by atoms with Gasteiger partial charge in [-0.3, -0.25) is 9.59 Å². The van der Waals surface area contributed by atoms with Crippen molar-refractivity contribution in [1.82, 2.24) is 9.78 Å². The second-order valence-corrected chi connectivity index (χ2v) is 6.91. The molecule has 1 aromatic heterocycles. The van der Waals surface area contributed by atoms with Crippen LogP contribution in [0, 0.1) is 12.7 Å². The van der Waals surface area contributed by atoms with E-state index in [0.29, 0.717) is 11.3 Å². The van der Waals surface area contributed by atoms with Crippen LogP contribution >= 0.6 is 0 Å². The lowest BCUT2D eigenvalue weighted by molar-refractivity contribution is 0.102. The molecule has 0 fully saturated rings. The number of para-hydroxylation sites is 2. The number of nitrogens with zero attached hydrogens (tertiary/aromatic N) is 2. The van der Waals surface area contributed by atoms with Crippen LogP contribution in [0.1, 0.15) is 26.3 Å². The fourth-order valence-electron chi connectivity index (χ4n) is 3.04. The highest BCUT2D eigenvalue weighted by atomic mass is 19.1. The molecule has 0 aliphatic rings. The van der Waals surface area contributed by atoms with Crippen LogP contribution in [0.4, 0.5) is 15.9 Å². The van der Waals surface area contributed by atoms with E-state index in [2.05, 4.69) is 15.7 Å². The van der Waals surface area contributed by atoms with Crippen LogP contribution < -0.4 is 10.6 Å². The average Bonchev–Trinajstić information content (AvgIpc) is 3.20. The number of amides is 2. The van der Waals surface area contributed by atoms with E-state index in [1.807, 2.05) is 37.3 Å². The van der Waals surface area contributed by atoms with Crippen molar-refractivity contribution in [1.29, 1.82) is 0 Å². The molecule has 0 aliphatic carbocycles. The van der Waals surface area contributed by atoms with Gasteiger partial charge in [0.1, 0.15) is 17.2 Å². The summed E-state index contributed by atoms with van der Waals surface area (Å²) in [5, 5.41) is 9.59. The summed E-state index contributed by atoms with van der Waals surface area (Å²) in [6, 6.07) is 22.0. The predicted octanol–water partition coefficient (Wildman–Crippen LogP) is 4.82. The molecule has 7 heteroatoms. The Bertz CT molecular complexity index is 1230. The maximum atomic E-state index is 14.0. The second kappa shape index (κ2) is 8.62. The average molecular weight is 414 g/mol. The lowest BCUT2D eigenvalue weighted by atomic mass is 10.1. The molecule has 4 rings (SSSR count). The van der Waals surface area contributed by atoms with Crippen molar-refractivity contribution >= 4 is 23.3 Å². The fourth-order valence-corrected chi connectivity index (χ4v) is 3.04. The van der Waals surface area contributed by atoms with Gasteiger partial charge in [-0.2, -0.15) is 5.10 Å². The molecular formula is C24H19FN4O2. The zero-order valence-corrected chi connectivity index (χ0v) is 16.7. The lowest BCUT2D eigenvalue weighted by Gasteiger charge is -2.12. The first-order valence-electron chi connectivity index (χ1n) is 9.60. The predicted molar refractivity (Wildman–Crippen MR) is 117 cm³/mol. The summed E-state index contributed by atoms with van der Waals surface area (Å²) in [5.74, 6) is -1.36. The third-order valence-electron chi connectivity index (χ3n) is 4.68. The molecule has 0 saturated heterocycles. The minimum atomic E-state index is -0.591. The van der Waals surface area contributed by atoms with Crippen LogP contribution in [0.15, 0.2) is 85.1 Å². The number of anilines is 2. The number of halogens is 1. The summed E-state index contributed by atoms with van der Waals surface area (Å²) in [6.45, 7) is 1.93. The number of aryl methyl sites for hydroxylation is 1. The lowest BCUT2D eigenvalue weighted by Crippen LogP contribution is -2.20. The molecule has 0 spiro atoms. The van der Waals surface area contributed by atoms with Crippen molar-refractivity contribution in [2.75, 3.05) is 10.6 Å². The third-order valence-corrected chi connectivity index (χ3v) is 4.68. The zero-order chi connectivity index (χ0) is 21.8. The van der Waals surface area contributed by atoms with Crippen molar-refractivity contribution in [2.45, 2.75) is 6.92 Å². The van der Waals surface area contributed by atoms with Gasteiger partial charge in [0.25, 0.3) is 11.8 Å². The number of aromatic nitrogens is 2. The van der Waals surface area contributed by atoms with Crippen molar-refractivity contribution in [3.63, 3.8) is 0 Å². The van der Waals surface area contributed by atoms with Crippen molar-refractivity contribution in [3.05, 3.63) is 108 Å². The first-order chi connectivity index (χ1) is 15.0. The Morgan fingerprint density at radius 3 is 2.23 bits per heavy atom. The second-order valence-electron chi connectivity index (χ2n) is 6.91. The quantitative estimate of drug-likeness (QED) is 0.491. The van der Waals surface area contributed by atoms with Gasteiger partial charge in [0.15, 0.2) is 0 Å². The Morgan fingerprint density at radius 2 is 1.52 bits per heavy atom. The van der Waals surface area contributed by atoms with Crippen LogP contribution in [-0.4, -0.2) is 21.6 Å². The highest BCUT2D eigenvalue weighted by Gasteiger charge is 2.22. The molecule has 1 heterocycles. The van der Waals surface area contributed by atoms with Crippen molar-refractivity contribution < 1.29 is 14.0 Å². The summed E-state index contributed by atoms with van der Waals surface area (Å²) in [6.07, 6.45) is 1.34. The number of carbonyl (C=O) groups is 2. The molecule has 0 aliphatic heterocycles. The van der Waals surface area contributed by atoms with Crippen molar-refractivity contribution in [3.8, 4) is 5.69 Å². The van der Waals surface area contributed by atoms with Gasteiger partial charge in [0, 0.05) is 5.56 Å². The van der Waals surface area contributed by atoms with E-state index >= 15 is 0 Å². The topological polar surface area (TPSA) is 76.0 Å². The Hall–Kier alpha value is -4.26. The largest absolute Gasteiger partial charge is 0.319 e. The van der Waals surface area contributed by atoms with E-state index in [-0.39, 0.29) is 17.1 Å². The maximum absolute atomic E-state index is 14.0. The molecule has 31 heavy (non-hydrogen) atoms. The number of benzene rings is 3. The van der Waals surface area contributed by atoms with E-state index in [9.17, 15) is 14.0 Å². The summed E-state index contributed by atoms with van der Waals surface area (Å²) in [5.41, 5.74) is 2.26. The molecule has 6 nitrogen and oxygen atoms in total. The number of carbonyl (C=O) groups excluding carboxylic acids is 2. The van der Waals surface area contributed by atoms with Gasteiger partial charge in [-0.25, -0.2) is 9.07 Å². The number of nitrogens with one attached hydrogen (secondary N) is 2. The van der Waals surface area contributed by atoms with Gasteiger partial charge in [0.05, 0.1) is 17.6 Å². The molecule has 4 aromatic rings. The molecule has 0 radical (unpaired) electrons. The molecule has 0 saturated carbocycles. The Labute approximate surface area is 178 Å². The van der Waals surface area contributed by atoms with E-state index in [1.165, 1.54) is 29.1 Å². The number of rotatable bonds is 5. The van der Waals surface area contributed by atoms with Crippen molar-refractivity contribution in [2.24, 2.45) is 0 Å². The molecular weight excluding hydrogens is 395 g/mol. The van der Waals surface area contributed by atoms with Crippen LogP contribution in [0.2, 0.25) is 0 Å². The van der Waals surface area contributed by atoms with Crippen LogP contribution in [0.25, 0.3) is 5.69 Å². The fraction of sp³-hybridized carbons (Fsp3) is 0.0417. The highest BCUT2D eigenvalue weighted by Crippen LogP contribution is 2.23. The van der Waals surface area contributed by atoms with Gasteiger partial charge >= 0.3 is 0 Å². The minimum Gasteiger partial charge on any atom is -0.319 e. The monoisotopic (exact) mass is 414 g/mol. The number of hydrogen-bond donors (Lipinski definition) is 2. The summed E-state index contributed by atoms with van der Waals surface area (Å²) < 4.78 is 15.5. The van der Waals surface area contributed by atoms with Crippen LogP contribution in [0.5, 0.6) is 0 Å². The van der Waals surface area contributed by atoms with Gasteiger partial charge in [-0.05, 0) is 43.3 Å². The first-order valence-corrected chi connectivity index (χ1v) is 9.60. The van der Waals surface area contributed by atoms with Crippen LogP contribution in [-0.2, 0) is 0 Å². The zero-order valence-electron chi connectivity index (χ0n) is 16.7. The third kappa shape index (κ3) is 4.35. The Kier molecular flexibility index (Phi) is 5.57. The standard InChI is InChI=1S/C24H19FN4O2/c1-16-11-13-17(14-12-16)23(30)28-22-19(15-26-29(22)18-7-3-2-4-8-18)24(31)27-21-10-6-5-9-20(21)25/h2-15H,1H3,(H,27,31)(H,28,30). The van der Waals surface area contributed by atoms with E-state index in [1.54, 1.807) is 30.3 Å². The molecule has 0 unspecified atom stereocenters. The summed E-state index contributed by atoms with van der Waals surface area (Å²) >= 11 is 0. The van der Waals surface area contributed by atoms with Gasteiger partial charge in [0.2, 0.25) is 0 Å². The molecule has 154 valence electrons. The summed E-state index contributed by atoms with van der Waals surface area (Å²) in [7, 11) is 0. The molecule has 3 aromatic carbocycles. The minimum absolute atomic E-state index is 0.0378. The molecule has 2 N–H and O–H groups in total. The van der Waals surface area contributed by atoms with Gasteiger partial charge in [-0.1, -0.05) is 48.0 Å². The van der Waals surface area contributed by atoms with E-state index in [4.69, 9.17) is 0 Å². The SMILES string of the molecule is Cc1ccc(C(=O)Nc2c(C(=O)Nc3ccccc3F)cnn2-c2ccccc2)cc1.